The maximum Gasteiger partial charge on any atom is 0.154 e. The molecule has 1 aliphatic carbocycles. The number of rotatable bonds is 3. The molecule has 1 saturated carbocycles. The van der Waals surface area contributed by atoms with Crippen molar-refractivity contribution in [1.29, 1.82) is 0 Å². The molecule has 4 rings (SSSR count). The molecule has 2 aromatic heterocycles. The zero-order valence-corrected chi connectivity index (χ0v) is 11.2. The number of fused-ring (bicyclic) bond motifs is 1. The number of aromatic nitrogens is 3. The lowest BCUT2D eigenvalue weighted by Crippen LogP contribution is -2.04. The summed E-state index contributed by atoms with van der Waals surface area (Å²) in [5, 5.41) is 5.76. The highest BCUT2D eigenvalue weighted by Crippen LogP contribution is 2.39. The Labute approximate surface area is 117 Å². The number of nitrogens with two attached hydrogens (primary N) is 1. The molecule has 0 amide bonds. The first-order valence-electron chi connectivity index (χ1n) is 7.00. The molecule has 0 saturated heterocycles. The SMILES string of the molecule is NCc1cc(-n2ccc(C3CC3)n2)nc2ccccc12. The molecule has 2 N–H and O–H groups in total. The average molecular weight is 264 g/mol. The van der Waals surface area contributed by atoms with E-state index in [1.54, 1.807) is 0 Å². The molecule has 4 nitrogen and oxygen atoms in total. The van der Waals surface area contributed by atoms with Crippen LogP contribution < -0.4 is 5.73 Å². The lowest BCUT2D eigenvalue weighted by molar-refractivity contribution is 0.814. The van der Waals surface area contributed by atoms with E-state index in [2.05, 4.69) is 17.2 Å². The monoisotopic (exact) mass is 264 g/mol. The van der Waals surface area contributed by atoms with Crippen LogP contribution in [0.15, 0.2) is 42.6 Å². The highest BCUT2D eigenvalue weighted by Gasteiger charge is 2.26. The minimum Gasteiger partial charge on any atom is -0.326 e. The molecule has 0 atom stereocenters. The van der Waals surface area contributed by atoms with Gasteiger partial charge in [0.1, 0.15) is 0 Å². The van der Waals surface area contributed by atoms with E-state index < -0.39 is 0 Å². The van der Waals surface area contributed by atoms with Gasteiger partial charge in [-0.15, -0.1) is 0 Å². The van der Waals surface area contributed by atoms with Crippen LogP contribution in [-0.2, 0) is 6.54 Å². The minimum atomic E-state index is 0.507. The molecular formula is C16H16N4. The summed E-state index contributed by atoms with van der Waals surface area (Å²) in [6.07, 6.45) is 4.51. The van der Waals surface area contributed by atoms with Crippen LogP contribution >= 0.6 is 0 Å². The van der Waals surface area contributed by atoms with Crippen molar-refractivity contribution in [2.75, 3.05) is 0 Å². The molecule has 0 bridgehead atoms. The van der Waals surface area contributed by atoms with Crippen LogP contribution in [0.1, 0.15) is 30.0 Å². The zero-order chi connectivity index (χ0) is 13.5. The topological polar surface area (TPSA) is 56.7 Å². The summed E-state index contributed by atoms with van der Waals surface area (Å²) in [5.74, 6) is 1.50. The van der Waals surface area contributed by atoms with Gasteiger partial charge in [-0.05, 0) is 36.6 Å². The van der Waals surface area contributed by atoms with Crippen molar-refractivity contribution < 1.29 is 0 Å². The van der Waals surface area contributed by atoms with Crippen molar-refractivity contribution in [3.63, 3.8) is 0 Å². The van der Waals surface area contributed by atoms with Crippen LogP contribution in [0.2, 0.25) is 0 Å². The van der Waals surface area contributed by atoms with E-state index >= 15 is 0 Å². The maximum atomic E-state index is 5.87. The number of nitrogens with zero attached hydrogens (tertiary/aromatic N) is 3. The Morgan fingerprint density at radius 1 is 1.20 bits per heavy atom. The smallest absolute Gasteiger partial charge is 0.154 e. The van der Waals surface area contributed by atoms with E-state index in [9.17, 15) is 0 Å². The summed E-state index contributed by atoms with van der Waals surface area (Å²) in [4.78, 5) is 4.69. The van der Waals surface area contributed by atoms with Crippen LogP contribution in [0.4, 0.5) is 0 Å². The van der Waals surface area contributed by atoms with Gasteiger partial charge < -0.3 is 5.73 Å². The van der Waals surface area contributed by atoms with Crippen LogP contribution in [0.5, 0.6) is 0 Å². The number of hydrogen-bond donors (Lipinski definition) is 1. The molecule has 20 heavy (non-hydrogen) atoms. The van der Waals surface area contributed by atoms with Gasteiger partial charge in [0.25, 0.3) is 0 Å². The summed E-state index contributed by atoms with van der Waals surface area (Å²) in [7, 11) is 0. The van der Waals surface area contributed by atoms with Crippen LogP contribution in [0.3, 0.4) is 0 Å². The molecule has 1 aliphatic rings. The largest absolute Gasteiger partial charge is 0.326 e. The van der Waals surface area contributed by atoms with Crippen LogP contribution in [-0.4, -0.2) is 14.8 Å². The number of hydrogen-bond acceptors (Lipinski definition) is 3. The Morgan fingerprint density at radius 2 is 2.05 bits per heavy atom. The van der Waals surface area contributed by atoms with Crippen molar-refractivity contribution in [3.05, 3.63) is 53.9 Å². The Balaban J connectivity index is 1.85. The second-order valence-corrected chi connectivity index (χ2v) is 5.32. The quantitative estimate of drug-likeness (QED) is 0.791. The Bertz CT molecular complexity index is 771. The van der Waals surface area contributed by atoms with Gasteiger partial charge in [0.15, 0.2) is 5.82 Å². The summed E-state index contributed by atoms with van der Waals surface area (Å²) in [6.45, 7) is 0.507. The number of para-hydroxylation sites is 1. The molecule has 1 fully saturated rings. The maximum absolute atomic E-state index is 5.87. The second-order valence-electron chi connectivity index (χ2n) is 5.32. The van der Waals surface area contributed by atoms with Gasteiger partial charge in [-0.25, -0.2) is 9.67 Å². The van der Waals surface area contributed by atoms with E-state index in [-0.39, 0.29) is 0 Å². The summed E-state index contributed by atoms with van der Waals surface area (Å²) >= 11 is 0. The summed E-state index contributed by atoms with van der Waals surface area (Å²) < 4.78 is 1.86. The van der Waals surface area contributed by atoms with Gasteiger partial charge in [0, 0.05) is 24.0 Å². The second kappa shape index (κ2) is 4.42. The highest BCUT2D eigenvalue weighted by molar-refractivity contribution is 5.83. The van der Waals surface area contributed by atoms with Gasteiger partial charge in [-0.2, -0.15) is 5.10 Å². The Hall–Kier alpha value is -2.20. The molecule has 0 radical (unpaired) electrons. The molecule has 2 heterocycles. The van der Waals surface area contributed by atoms with Crippen molar-refractivity contribution in [2.24, 2.45) is 5.73 Å². The third kappa shape index (κ3) is 1.89. The van der Waals surface area contributed by atoms with E-state index in [1.165, 1.54) is 18.5 Å². The molecule has 4 heteroatoms. The first-order valence-corrected chi connectivity index (χ1v) is 7.00. The van der Waals surface area contributed by atoms with Gasteiger partial charge >= 0.3 is 0 Å². The molecule has 1 aromatic carbocycles. The first kappa shape index (κ1) is 11.6. The molecule has 3 aromatic rings. The van der Waals surface area contributed by atoms with Crippen molar-refractivity contribution >= 4 is 10.9 Å². The average Bonchev–Trinajstić information content (AvgIpc) is 3.23. The van der Waals surface area contributed by atoms with Crippen molar-refractivity contribution in [2.45, 2.75) is 25.3 Å². The zero-order valence-electron chi connectivity index (χ0n) is 11.2. The number of benzene rings is 1. The van der Waals surface area contributed by atoms with E-state index in [4.69, 9.17) is 10.7 Å². The van der Waals surface area contributed by atoms with Crippen molar-refractivity contribution in [1.82, 2.24) is 14.8 Å². The van der Waals surface area contributed by atoms with Gasteiger partial charge in [0.2, 0.25) is 0 Å². The van der Waals surface area contributed by atoms with E-state index in [1.807, 2.05) is 35.1 Å². The summed E-state index contributed by atoms with van der Waals surface area (Å²) in [5.41, 5.74) is 9.12. The van der Waals surface area contributed by atoms with E-state index in [0.29, 0.717) is 12.5 Å². The first-order chi connectivity index (χ1) is 9.85. The van der Waals surface area contributed by atoms with Gasteiger partial charge in [0.05, 0.1) is 11.2 Å². The normalized spacial score (nSPS) is 14.8. The number of pyridine rings is 1. The fraction of sp³-hybridized carbons (Fsp3) is 0.250. The molecular weight excluding hydrogens is 248 g/mol. The standard InChI is InChI=1S/C16H16N4/c17-10-12-9-16(18-15-4-2-1-3-13(12)15)20-8-7-14(19-20)11-5-6-11/h1-4,7-9,11H,5-6,10,17H2. The fourth-order valence-corrected chi connectivity index (χ4v) is 2.58. The molecule has 0 aliphatic heterocycles. The third-order valence-corrected chi connectivity index (χ3v) is 3.85. The van der Waals surface area contributed by atoms with Gasteiger partial charge in [-0.3, -0.25) is 0 Å². The highest BCUT2D eigenvalue weighted by atomic mass is 15.3. The lowest BCUT2D eigenvalue weighted by atomic mass is 10.1. The van der Waals surface area contributed by atoms with Crippen LogP contribution in [0.25, 0.3) is 16.7 Å². The fourth-order valence-electron chi connectivity index (χ4n) is 2.58. The van der Waals surface area contributed by atoms with Gasteiger partial charge in [-0.1, -0.05) is 18.2 Å². The third-order valence-electron chi connectivity index (χ3n) is 3.85. The predicted molar refractivity (Wildman–Crippen MR) is 78.7 cm³/mol. The lowest BCUT2D eigenvalue weighted by Gasteiger charge is -2.08. The Kier molecular flexibility index (Phi) is 2.57. The summed E-state index contributed by atoms with van der Waals surface area (Å²) in [6, 6.07) is 12.2. The molecule has 100 valence electrons. The van der Waals surface area contributed by atoms with Crippen molar-refractivity contribution in [3.8, 4) is 5.82 Å². The molecule has 0 spiro atoms. The predicted octanol–water partition coefficient (Wildman–Crippen LogP) is 2.76. The minimum absolute atomic E-state index is 0.507. The Morgan fingerprint density at radius 3 is 2.85 bits per heavy atom. The van der Waals surface area contributed by atoms with Crippen LogP contribution in [0, 0.1) is 0 Å². The molecule has 0 unspecified atom stereocenters. The van der Waals surface area contributed by atoms with E-state index in [0.717, 1.165) is 22.3 Å².